The number of para-hydroxylation sites is 1. The van der Waals surface area contributed by atoms with Crippen molar-refractivity contribution in [2.75, 3.05) is 35.1 Å². The van der Waals surface area contributed by atoms with Crippen LogP contribution in [0.15, 0.2) is 48.5 Å². The van der Waals surface area contributed by atoms with Gasteiger partial charge in [0, 0.05) is 18.8 Å². The fourth-order valence-electron chi connectivity index (χ4n) is 3.93. The van der Waals surface area contributed by atoms with Gasteiger partial charge in [-0.15, -0.1) is 0 Å². The normalized spacial score (nSPS) is 17.8. The summed E-state index contributed by atoms with van der Waals surface area (Å²) in [6.07, 6.45) is 3.40. The van der Waals surface area contributed by atoms with Crippen molar-refractivity contribution in [1.29, 1.82) is 0 Å². The summed E-state index contributed by atoms with van der Waals surface area (Å²) in [7, 11) is -3.83. The van der Waals surface area contributed by atoms with E-state index in [0.29, 0.717) is 5.92 Å². The van der Waals surface area contributed by atoms with Gasteiger partial charge in [0.15, 0.2) is 0 Å². The van der Waals surface area contributed by atoms with Crippen molar-refractivity contribution in [1.82, 2.24) is 5.32 Å². The molecule has 0 unspecified atom stereocenters. The van der Waals surface area contributed by atoms with Crippen molar-refractivity contribution in [3.8, 4) is 0 Å². The highest BCUT2D eigenvalue weighted by Gasteiger charge is 2.24. The van der Waals surface area contributed by atoms with Crippen LogP contribution in [0.25, 0.3) is 0 Å². The zero-order valence-corrected chi connectivity index (χ0v) is 19.0. The molecule has 0 aromatic heterocycles. The highest BCUT2D eigenvalue weighted by Crippen LogP contribution is 2.25. The van der Waals surface area contributed by atoms with Crippen LogP contribution in [-0.2, 0) is 14.8 Å². The first-order valence-electron chi connectivity index (χ1n) is 10.5. The van der Waals surface area contributed by atoms with Crippen LogP contribution in [0.3, 0.4) is 0 Å². The summed E-state index contributed by atoms with van der Waals surface area (Å²) in [6, 6.07) is 13.2. The lowest BCUT2D eigenvalue weighted by Gasteiger charge is -2.33. The number of benzene rings is 2. The minimum Gasteiger partial charge on any atom is -0.371 e. The van der Waals surface area contributed by atoms with Gasteiger partial charge >= 0.3 is 0 Å². The van der Waals surface area contributed by atoms with Crippen LogP contribution in [0, 0.1) is 11.7 Å². The van der Waals surface area contributed by atoms with Gasteiger partial charge in [-0.05, 0) is 55.5 Å². The van der Waals surface area contributed by atoms with Crippen molar-refractivity contribution in [2.24, 2.45) is 5.92 Å². The van der Waals surface area contributed by atoms with Crippen LogP contribution in [0.1, 0.15) is 38.3 Å². The molecule has 2 aromatic carbocycles. The molecule has 1 aliphatic heterocycles. The van der Waals surface area contributed by atoms with Gasteiger partial charge in [0.25, 0.3) is 0 Å². The topological polar surface area (TPSA) is 69.7 Å². The second kappa shape index (κ2) is 9.68. The van der Waals surface area contributed by atoms with Gasteiger partial charge in [-0.25, -0.2) is 12.8 Å². The molecule has 1 amide bonds. The Kier molecular flexibility index (Phi) is 7.20. The molecule has 0 bridgehead atoms. The molecule has 0 aliphatic carbocycles. The van der Waals surface area contributed by atoms with E-state index >= 15 is 0 Å². The molecule has 1 heterocycles. The molecule has 0 spiro atoms. The molecule has 0 saturated carbocycles. The summed E-state index contributed by atoms with van der Waals surface area (Å²) in [5.41, 5.74) is 1.93. The van der Waals surface area contributed by atoms with E-state index in [9.17, 15) is 17.6 Å². The number of piperidine rings is 1. The Morgan fingerprint density at radius 1 is 1.23 bits per heavy atom. The van der Waals surface area contributed by atoms with E-state index in [0.717, 1.165) is 34.9 Å². The van der Waals surface area contributed by atoms with E-state index in [1.165, 1.54) is 37.1 Å². The zero-order chi connectivity index (χ0) is 22.6. The number of carbonyl (C=O) groups is 1. The standard InChI is InChI=1S/C23H30FN3O3S/c1-17-7-6-14-26(15-17)20-12-10-19(11-13-20)18(2)25-23(28)16-27(31(3,29)30)22-9-5-4-8-21(22)24/h4-5,8-13,17-18H,6-7,14-16H2,1-3H3,(H,25,28)/t17-,18+/m0/s1. The van der Waals surface area contributed by atoms with Crippen molar-refractivity contribution in [3.05, 3.63) is 59.9 Å². The predicted octanol–water partition coefficient (Wildman–Crippen LogP) is 3.71. The molecule has 31 heavy (non-hydrogen) atoms. The van der Waals surface area contributed by atoms with Gasteiger partial charge in [0.1, 0.15) is 12.4 Å². The predicted molar refractivity (Wildman–Crippen MR) is 122 cm³/mol. The summed E-state index contributed by atoms with van der Waals surface area (Å²) >= 11 is 0. The first-order chi connectivity index (χ1) is 14.6. The molecular weight excluding hydrogens is 417 g/mol. The Bertz CT molecular complexity index is 1010. The third-order valence-electron chi connectivity index (χ3n) is 5.60. The van der Waals surface area contributed by atoms with Crippen LogP contribution in [0.2, 0.25) is 0 Å². The molecule has 3 rings (SSSR count). The summed E-state index contributed by atoms with van der Waals surface area (Å²) in [5.74, 6) is -0.523. The average molecular weight is 448 g/mol. The lowest BCUT2D eigenvalue weighted by Crippen LogP contribution is -2.41. The van der Waals surface area contributed by atoms with Crippen molar-refractivity contribution < 1.29 is 17.6 Å². The number of halogens is 1. The largest absolute Gasteiger partial charge is 0.371 e. The lowest BCUT2D eigenvalue weighted by molar-refractivity contribution is -0.120. The van der Waals surface area contributed by atoms with E-state index in [2.05, 4.69) is 29.3 Å². The van der Waals surface area contributed by atoms with E-state index in [4.69, 9.17) is 0 Å². The minimum atomic E-state index is -3.83. The maximum absolute atomic E-state index is 14.1. The molecule has 1 fully saturated rings. The Morgan fingerprint density at radius 2 is 1.90 bits per heavy atom. The second-order valence-corrected chi connectivity index (χ2v) is 10.2. The van der Waals surface area contributed by atoms with Crippen molar-refractivity contribution in [3.63, 3.8) is 0 Å². The summed E-state index contributed by atoms with van der Waals surface area (Å²) < 4.78 is 39.2. The number of sulfonamides is 1. The molecule has 1 saturated heterocycles. The maximum Gasteiger partial charge on any atom is 0.241 e. The number of carbonyl (C=O) groups excluding carboxylic acids is 1. The fourth-order valence-corrected chi connectivity index (χ4v) is 4.79. The van der Waals surface area contributed by atoms with Crippen LogP contribution in [0.5, 0.6) is 0 Å². The van der Waals surface area contributed by atoms with Crippen LogP contribution >= 0.6 is 0 Å². The molecule has 8 heteroatoms. The number of nitrogens with one attached hydrogen (secondary N) is 1. The number of nitrogens with zero attached hydrogens (tertiary/aromatic N) is 2. The van der Waals surface area contributed by atoms with Gasteiger partial charge in [0.05, 0.1) is 18.0 Å². The third-order valence-corrected chi connectivity index (χ3v) is 6.73. The summed E-state index contributed by atoms with van der Waals surface area (Å²) in [5, 5.41) is 2.81. The monoisotopic (exact) mass is 447 g/mol. The molecule has 1 aliphatic rings. The molecule has 1 N–H and O–H groups in total. The quantitative estimate of drug-likeness (QED) is 0.703. The van der Waals surface area contributed by atoms with Crippen LogP contribution in [-0.4, -0.2) is 40.2 Å². The highest BCUT2D eigenvalue weighted by atomic mass is 32.2. The van der Waals surface area contributed by atoms with Crippen molar-refractivity contribution in [2.45, 2.75) is 32.7 Å². The highest BCUT2D eigenvalue weighted by molar-refractivity contribution is 7.92. The number of anilines is 2. The lowest BCUT2D eigenvalue weighted by atomic mass is 9.99. The zero-order valence-electron chi connectivity index (χ0n) is 18.2. The maximum atomic E-state index is 14.1. The number of hydrogen-bond acceptors (Lipinski definition) is 4. The van der Waals surface area contributed by atoms with Gasteiger partial charge in [-0.1, -0.05) is 31.2 Å². The SMILES string of the molecule is C[C@H]1CCCN(c2ccc([C@@H](C)NC(=O)CN(c3ccccc3F)S(C)(=O)=O)cc2)C1. The first-order valence-corrected chi connectivity index (χ1v) is 12.4. The van der Waals surface area contributed by atoms with E-state index in [-0.39, 0.29) is 11.7 Å². The third kappa shape index (κ3) is 5.97. The molecule has 2 atom stereocenters. The van der Waals surface area contributed by atoms with E-state index in [1.807, 2.05) is 19.1 Å². The Morgan fingerprint density at radius 3 is 2.52 bits per heavy atom. The summed E-state index contributed by atoms with van der Waals surface area (Å²) in [6.45, 7) is 5.70. The van der Waals surface area contributed by atoms with Gasteiger partial charge in [-0.2, -0.15) is 0 Å². The van der Waals surface area contributed by atoms with Crippen LogP contribution < -0.4 is 14.5 Å². The number of hydrogen-bond donors (Lipinski definition) is 1. The first kappa shape index (κ1) is 23.1. The average Bonchev–Trinajstić information content (AvgIpc) is 2.72. The van der Waals surface area contributed by atoms with Gasteiger partial charge in [-0.3, -0.25) is 9.10 Å². The van der Waals surface area contributed by atoms with Gasteiger partial charge < -0.3 is 10.2 Å². The molecule has 168 valence electrons. The Labute approximate surface area is 184 Å². The van der Waals surface area contributed by atoms with E-state index < -0.39 is 28.3 Å². The van der Waals surface area contributed by atoms with Crippen LogP contribution in [0.4, 0.5) is 15.8 Å². The molecule has 6 nitrogen and oxygen atoms in total. The van der Waals surface area contributed by atoms with Gasteiger partial charge in [0.2, 0.25) is 15.9 Å². The van der Waals surface area contributed by atoms with Crippen molar-refractivity contribution >= 4 is 27.3 Å². The minimum absolute atomic E-state index is 0.145. The van der Waals surface area contributed by atoms with E-state index in [1.54, 1.807) is 0 Å². The smallest absolute Gasteiger partial charge is 0.241 e. The fraction of sp³-hybridized carbons (Fsp3) is 0.435. The Balaban J connectivity index is 1.66. The number of rotatable bonds is 7. The Hall–Kier alpha value is -2.61. The second-order valence-electron chi connectivity index (χ2n) is 8.30. The molecular formula is C23H30FN3O3S. The summed E-state index contributed by atoms with van der Waals surface area (Å²) in [4.78, 5) is 14.9. The molecule has 0 radical (unpaired) electrons. The molecule has 2 aromatic rings. The number of amides is 1.